The van der Waals surface area contributed by atoms with E-state index in [2.05, 4.69) is 46.3 Å². The zero-order valence-electron chi connectivity index (χ0n) is 17.2. The maximum absolute atomic E-state index is 13.9. The number of piperazine rings is 1. The Morgan fingerprint density at radius 3 is 2.53 bits per heavy atom. The monoisotopic (exact) mass is 537 g/mol. The Morgan fingerprint density at radius 2 is 1.81 bits per heavy atom. The van der Waals surface area contributed by atoms with Crippen LogP contribution in [0.3, 0.4) is 0 Å². The van der Waals surface area contributed by atoms with Gasteiger partial charge < -0.3 is 15.1 Å². The minimum absolute atomic E-state index is 0.161. The second kappa shape index (κ2) is 8.78. The summed E-state index contributed by atoms with van der Waals surface area (Å²) in [5, 5.41) is 12.3. The Bertz CT molecular complexity index is 1160. The summed E-state index contributed by atoms with van der Waals surface area (Å²) in [6.07, 6.45) is 2.99. The van der Waals surface area contributed by atoms with Crippen molar-refractivity contribution in [1.82, 2.24) is 30.4 Å². The van der Waals surface area contributed by atoms with Crippen molar-refractivity contribution in [2.75, 3.05) is 44.2 Å². The van der Waals surface area contributed by atoms with Gasteiger partial charge in [-0.15, -0.1) is 0 Å². The van der Waals surface area contributed by atoms with Gasteiger partial charge in [-0.3, -0.25) is 9.89 Å². The van der Waals surface area contributed by atoms with Crippen LogP contribution < -0.4 is 10.2 Å². The van der Waals surface area contributed by atoms with Gasteiger partial charge in [0.15, 0.2) is 5.65 Å². The number of piperidine rings is 1. The van der Waals surface area contributed by atoms with Crippen molar-refractivity contribution in [2.45, 2.75) is 18.3 Å². The molecule has 2 fully saturated rings. The summed E-state index contributed by atoms with van der Waals surface area (Å²) in [5.74, 6) is 0.984. The van der Waals surface area contributed by atoms with Crippen molar-refractivity contribution in [2.24, 2.45) is 0 Å². The molecule has 2 aromatic heterocycles. The van der Waals surface area contributed by atoms with E-state index in [4.69, 9.17) is 23.2 Å². The molecule has 0 unspecified atom stereocenters. The fraction of sp³-hybridized carbons (Fsp3) is 0.429. The number of hydrogen-bond donors (Lipinski definition) is 2. The maximum Gasteiger partial charge on any atom is 0.233 e. The Hall–Kier alpha value is -1.94. The summed E-state index contributed by atoms with van der Waals surface area (Å²) in [6, 6.07) is 5.59. The third kappa shape index (κ3) is 3.75. The highest BCUT2D eigenvalue weighted by Crippen LogP contribution is 2.39. The number of H-pyrrole nitrogens is 1. The Morgan fingerprint density at radius 1 is 1.06 bits per heavy atom. The maximum atomic E-state index is 13.9. The van der Waals surface area contributed by atoms with Crippen LogP contribution in [0.5, 0.6) is 0 Å². The normalized spacial score (nSPS) is 18.8. The van der Waals surface area contributed by atoms with Crippen LogP contribution in [0.2, 0.25) is 10.0 Å². The lowest BCUT2D eigenvalue weighted by Gasteiger charge is -2.43. The van der Waals surface area contributed by atoms with Crippen LogP contribution >= 0.6 is 39.1 Å². The number of aromatic amines is 1. The predicted octanol–water partition coefficient (Wildman–Crippen LogP) is 3.39. The van der Waals surface area contributed by atoms with Crippen LogP contribution in [0.4, 0.5) is 5.82 Å². The number of nitrogens with zero attached hydrogens (tertiary/aromatic N) is 5. The van der Waals surface area contributed by atoms with Crippen molar-refractivity contribution in [1.29, 1.82) is 0 Å². The number of aromatic nitrogens is 4. The summed E-state index contributed by atoms with van der Waals surface area (Å²) in [4.78, 5) is 26.8. The molecule has 1 amide bonds. The van der Waals surface area contributed by atoms with Gasteiger partial charge >= 0.3 is 0 Å². The first-order valence-electron chi connectivity index (χ1n) is 10.5. The average molecular weight is 539 g/mol. The lowest BCUT2D eigenvalue weighted by atomic mass is 9.72. The molecule has 2 saturated heterocycles. The molecule has 5 rings (SSSR count). The first-order valence-corrected chi connectivity index (χ1v) is 12.1. The molecule has 0 saturated carbocycles. The largest absolute Gasteiger partial charge is 0.352 e. The first kappa shape index (κ1) is 21.9. The molecule has 0 spiro atoms. The van der Waals surface area contributed by atoms with Crippen molar-refractivity contribution >= 4 is 61.9 Å². The third-order valence-electron chi connectivity index (χ3n) is 6.49. The quantitative estimate of drug-likeness (QED) is 0.531. The highest BCUT2D eigenvalue weighted by Gasteiger charge is 2.44. The molecule has 2 aliphatic rings. The van der Waals surface area contributed by atoms with Crippen molar-refractivity contribution in [3.8, 4) is 0 Å². The third-order valence-corrected chi connectivity index (χ3v) is 7.80. The molecule has 168 valence electrons. The van der Waals surface area contributed by atoms with Crippen LogP contribution in [-0.4, -0.2) is 70.2 Å². The summed E-state index contributed by atoms with van der Waals surface area (Å²) >= 11 is 16.0. The Kier molecular flexibility index (Phi) is 6.00. The van der Waals surface area contributed by atoms with Crippen LogP contribution in [0, 0.1) is 0 Å². The lowest BCUT2D eigenvalue weighted by Crippen LogP contribution is -2.57. The van der Waals surface area contributed by atoms with Crippen LogP contribution in [-0.2, 0) is 10.2 Å². The number of carbonyl (C=O) groups is 1. The average Bonchev–Trinajstić information content (AvgIpc) is 3.22. The molecule has 32 heavy (non-hydrogen) atoms. The van der Waals surface area contributed by atoms with Gasteiger partial charge in [0.2, 0.25) is 5.91 Å². The van der Waals surface area contributed by atoms with E-state index < -0.39 is 5.41 Å². The van der Waals surface area contributed by atoms with Gasteiger partial charge in [0.05, 0.1) is 20.8 Å². The molecular weight excluding hydrogens is 517 g/mol. The Labute approximate surface area is 203 Å². The van der Waals surface area contributed by atoms with E-state index in [1.165, 1.54) is 6.33 Å². The van der Waals surface area contributed by atoms with E-state index in [1.807, 2.05) is 17.0 Å². The molecule has 0 aliphatic carbocycles. The van der Waals surface area contributed by atoms with Gasteiger partial charge in [-0.05, 0) is 59.6 Å². The number of halogens is 3. The van der Waals surface area contributed by atoms with Gasteiger partial charge in [0.25, 0.3) is 0 Å². The fourth-order valence-corrected chi connectivity index (χ4v) is 5.48. The number of hydrogen-bond acceptors (Lipinski definition) is 6. The minimum atomic E-state index is -0.586. The fourth-order valence-electron chi connectivity index (χ4n) is 4.74. The molecule has 0 radical (unpaired) electrons. The van der Waals surface area contributed by atoms with E-state index in [-0.39, 0.29) is 5.91 Å². The van der Waals surface area contributed by atoms with Gasteiger partial charge in [-0.25, -0.2) is 9.97 Å². The summed E-state index contributed by atoms with van der Waals surface area (Å²) in [5.41, 5.74) is 0.978. The van der Waals surface area contributed by atoms with Gasteiger partial charge in [-0.1, -0.05) is 29.3 Å². The zero-order chi connectivity index (χ0) is 22.3. The SMILES string of the molecule is O=C(N1CCN(c2ncnc3n[nH]c(Br)c23)CC1)C1(c2ccc(Cl)c(Cl)c2)CCNCC1. The highest BCUT2D eigenvalue weighted by atomic mass is 79.9. The molecular formula is C21H22BrCl2N7O. The number of carbonyl (C=O) groups excluding carboxylic acids is 1. The molecule has 2 aliphatic heterocycles. The lowest BCUT2D eigenvalue weighted by molar-refractivity contribution is -0.139. The van der Waals surface area contributed by atoms with Crippen molar-refractivity contribution < 1.29 is 4.79 Å². The molecule has 4 heterocycles. The molecule has 2 N–H and O–H groups in total. The van der Waals surface area contributed by atoms with E-state index in [9.17, 15) is 4.79 Å². The molecule has 11 heteroatoms. The summed E-state index contributed by atoms with van der Waals surface area (Å²) < 4.78 is 0.759. The second-order valence-corrected chi connectivity index (χ2v) is 9.78. The van der Waals surface area contributed by atoms with Crippen LogP contribution in [0.1, 0.15) is 18.4 Å². The molecule has 0 bridgehead atoms. The smallest absolute Gasteiger partial charge is 0.233 e. The topological polar surface area (TPSA) is 90.0 Å². The number of benzene rings is 1. The van der Waals surface area contributed by atoms with Gasteiger partial charge in [-0.2, -0.15) is 5.10 Å². The zero-order valence-corrected chi connectivity index (χ0v) is 20.3. The standard InChI is InChI=1S/C21H22BrCl2N7O/c22-17-16-18(29-28-17)26-12-27-19(16)30-7-9-31(10-8-30)20(32)21(3-5-25-6-4-21)13-1-2-14(23)15(24)11-13/h1-2,11-12,25H,3-10H2,(H,26,27,28,29). The molecule has 0 atom stereocenters. The summed E-state index contributed by atoms with van der Waals surface area (Å²) in [6.45, 7) is 4.20. The first-order chi connectivity index (χ1) is 15.5. The van der Waals surface area contributed by atoms with E-state index in [1.54, 1.807) is 6.07 Å². The highest BCUT2D eigenvalue weighted by molar-refractivity contribution is 9.10. The minimum Gasteiger partial charge on any atom is -0.352 e. The predicted molar refractivity (Wildman–Crippen MR) is 128 cm³/mol. The Balaban J connectivity index is 1.38. The number of amides is 1. The van der Waals surface area contributed by atoms with Crippen LogP contribution in [0.15, 0.2) is 29.1 Å². The number of fused-ring (bicyclic) bond motifs is 1. The second-order valence-electron chi connectivity index (χ2n) is 8.17. The van der Waals surface area contributed by atoms with Crippen molar-refractivity contribution in [3.63, 3.8) is 0 Å². The van der Waals surface area contributed by atoms with Gasteiger partial charge in [0.1, 0.15) is 16.7 Å². The van der Waals surface area contributed by atoms with E-state index in [0.717, 1.165) is 47.3 Å². The molecule has 3 aromatic rings. The van der Waals surface area contributed by atoms with E-state index in [0.29, 0.717) is 41.9 Å². The number of nitrogens with one attached hydrogen (secondary N) is 2. The van der Waals surface area contributed by atoms with Crippen molar-refractivity contribution in [3.05, 3.63) is 44.7 Å². The number of anilines is 1. The van der Waals surface area contributed by atoms with Crippen LogP contribution in [0.25, 0.3) is 11.0 Å². The number of rotatable bonds is 3. The van der Waals surface area contributed by atoms with E-state index >= 15 is 0 Å². The van der Waals surface area contributed by atoms with Gasteiger partial charge in [0, 0.05) is 26.2 Å². The molecule has 8 nitrogen and oxygen atoms in total. The molecule has 1 aromatic carbocycles. The summed E-state index contributed by atoms with van der Waals surface area (Å²) in [7, 11) is 0.